The zero-order chi connectivity index (χ0) is 66.7. The summed E-state index contributed by atoms with van der Waals surface area (Å²) in [6.45, 7) is 0.632. The van der Waals surface area contributed by atoms with Gasteiger partial charge in [-0.2, -0.15) is 0 Å². The number of carbonyl (C=O) groups is 6. The Bertz CT molecular complexity index is 3690. The predicted molar refractivity (Wildman–Crippen MR) is 369 cm³/mol. The molecule has 17 nitrogen and oxygen atoms in total. The molecule has 0 aliphatic heterocycles. The van der Waals surface area contributed by atoms with Crippen LogP contribution in [0.25, 0.3) is 33.4 Å². The molecule has 7 N–H and O–H groups in total. The van der Waals surface area contributed by atoms with Crippen LogP contribution in [-0.2, 0) is 46.4 Å². The fourth-order valence-corrected chi connectivity index (χ4v) is 12.5. The van der Waals surface area contributed by atoms with Crippen LogP contribution in [0.4, 0.5) is 14.4 Å². The number of carboxylic acid groups (broad SMARTS) is 2. The molecule has 96 heavy (non-hydrogen) atoms. The standard InChI is InChI=1S/C29H31NO4.C28H29NO5.C21H23NO5.CH4/c31-28(32)27(19-7-2-1-4-12-21-13-5-3-6-14-21)30-29(33)34-20-26-24-17-10-8-15-22(24)23-16-9-11-18-25(23)26;30-17-9-8-16-26(27(31)33-18-20-10-2-1-3-11-20)29-28(32)34-19-25-23-14-6-4-12-21(23)22-13-5-7-15-24(22)25;23-12-6-5-11-19(20(24)25)22-21(26)27-13-18-16-9-3-1-7-14(16)15-8-2-4-10-17(15)18;/h3,5-6,8-11,13-18,26-27H,1-2,4,7,12,19-20H2,(H,30,33)(H,31,32);1-7,10-15,25-26,30H,8-9,16-19H2,(H,29,32);1-4,7-10,18-19,23H,5-6,11-13H2,(H,22,26)(H,24,25);1H4/t27-;26-;19-;/m000./s1. The first kappa shape index (κ1) is 71.7. The lowest BCUT2D eigenvalue weighted by molar-refractivity contribution is -0.147. The lowest BCUT2D eigenvalue weighted by Gasteiger charge is -2.19. The van der Waals surface area contributed by atoms with E-state index in [0.29, 0.717) is 38.5 Å². The number of carbonyl (C=O) groups excluding carboxylic acids is 4. The number of hydrogen-bond acceptors (Lipinski definition) is 12. The van der Waals surface area contributed by atoms with Gasteiger partial charge in [-0.05, 0) is 136 Å². The normalized spacial score (nSPS) is 13.0. The number of aliphatic hydroxyl groups is 2. The molecule has 0 saturated heterocycles. The zero-order valence-corrected chi connectivity index (χ0v) is 53.2. The number of aliphatic hydroxyl groups excluding tert-OH is 2. The lowest BCUT2D eigenvalue weighted by Crippen LogP contribution is -2.42. The van der Waals surface area contributed by atoms with Crippen molar-refractivity contribution in [2.24, 2.45) is 0 Å². The first-order valence-corrected chi connectivity index (χ1v) is 32.7. The minimum atomic E-state index is -1.11. The summed E-state index contributed by atoms with van der Waals surface area (Å²) in [6, 6.07) is 65.4. The van der Waals surface area contributed by atoms with Crippen molar-refractivity contribution in [3.05, 3.63) is 251 Å². The highest BCUT2D eigenvalue weighted by Crippen LogP contribution is 2.47. The average molecular weight is 1300 g/mol. The topological polar surface area (TPSA) is 256 Å². The molecule has 17 heteroatoms. The summed E-state index contributed by atoms with van der Waals surface area (Å²) < 4.78 is 21.9. The molecule has 0 unspecified atom stereocenters. The number of esters is 1. The maximum Gasteiger partial charge on any atom is 0.407 e. The average Bonchev–Trinajstić information content (AvgIpc) is 1.64. The molecular weight excluding hydrogens is 1210 g/mol. The smallest absolute Gasteiger partial charge is 0.407 e. The minimum absolute atomic E-state index is 0. The second-order valence-electron chi connectivity index (χ2n) is 23.7. The van der Waals surface area contributed by atoms with Crippen molar-refractivity contribution in [3.63, 3.8) is 0 Å². The van der Waals surface area contributed by atoms with E-state index >= 15 is 0 Å². The van der Waals surface area contributed by atoms with E-state index in [9.17, 15) is 39.0 Å². The quantitative estimate of drug-likeness (QED) is 0.0131. The molecule has 8 aromatic carbocycles. The number of nitrogens with one attached hydrogen (secondary N) is 3. The van der Waals surface area contributed by atoms with Crippen LogP contribution in [0, 0.1) is 0 Å². The van der Waals surface area contributed by atoms with E-state index in [1.54, 1.807) is 0 Å². The number of carboxylic acids is 2. The monoisotopic (exact) mass is 1300 g/mol. The Kier molecular flexibility index (Phi) is 27.7. The third kappa shape index (κ3) is 19.7. The molecule has 3 aliphatic carbocycles. The van der Waals surface area contributed by atoms with Crippen LogP contribution in [0.1, 0.15) is 140 Å². The van der Waals surface area contributed by atoms with E-state index in [0.717, 1.165) is 104 Å². The maximum atomic E-state index is 12.7. The summed E-state index contributed by atoms with van der Waals surface area (Å²) in [4.78, 5) is 72.8. The van der Waals surface area contributed by atoms with Crippen LogP contribution in [0.3, 0.4) is 0 Å². The summed E-state index contributed by atoms with van der Waals surface area (Å²) >= 11 is 0. The minimum Gasteiger partial charge on any atom is -0.480 e. The molecule has 502 valence electrons. The SMILES string of the molecule is C.O=C(N[C@@H](CCCCCCc1ccccc1)C(=O)O)OCC1c2ccccc2-c2ccccc21.O=C(N[C@@H](CCCCO)C(=O)O)OCC1c2ccccc2-c2ccccc21.O=C(N[C@@H](CCCCO)C(=O)OCc1ccccc1)OCC1c2ccccc2-c2ccccc21. The van der Waals surface area contributed by atoms with E-state index in [4.69, 9.17) is 29.2 Å². The van der Waals surface area contributed by atoms with Gasteiger partial charge in [0.25, 0.3) is 0 Å². The van der Waals surface area contributed by atoms with Crippen molar-refractivity contribution in [1.82, 2.24) is 16.0 Å². The Morgan fingerprint density at radius 2 is 0.615 bits per heavy atom. The summed E-state index contributed by atoms with van der Waals surface area (Å²) in [7, 11) is 0. The number of aliphatic carboxylic acids is 2. The number of amides is 3. The molecule has 8 aromatic rings. The van der Waals surface area contributed by atoms with Crippen LogP contribution < -0.4 is 16.0 Å². The number of alkyl carbamates (subject to hydrolysis) is 3. The van der Waals surface area contributed by atoms with Gasteiger partial charge in [-0.3, -0.25) is 0 Å². The number of hydrogen-bond donors (Lipinski definition) is 7. The van der Waals surface area contributed by atoms with Gasteiger partial charge in [-0.15, -0.1) is 0 Å². The van der Waals surface area contributed by atoms with Gasteiger partial charge < -0.3 is 55.3 Å². The molecule has 3 amide bonds. The summed E-state index contributed by atoms with van der Waals surface area (Å²) in [5, 5.41) is 44.3. The maximum absolute atomic E-state index is 12.7. The van der Waals surface area contributed by atoms with E-state index in [1.165, 1.54) is 5.56 Å². The molecule has 0 aromatic heterocycles. The van der Waals surface area contributed by atoms with Crippen molar-refractivity contribution in [1.29, 1.82) is 0 Å². The first-order chi connectivity index (χ1) is 46.4. The van der Waals surface area contributed by atoms with E-state index in [2.05, 4.69) is 88.7 Å². The number of unbranched alkanes of at least 4 members (excludes halogenated alkanes) is 5. The predicted octanol–water partition coefficient (Wildman–Crippen LogP) is 14.7. The summed E-state index contributed by atoms with van der Waals surface area (Å²) in [5.41, 5.74) is 15.8. The van der Waals surface area contributed by atoms with Crippen LogP contribution in [0.5, 0.6) is 0 Å². The van der Waals surface area contributed by atoms with Gasteiger partial charge in [-0.25, -0.2) is 28.8 Å². The van der Waals surface area contributed by atoms with Gasteiger partial charge in [0.1, 0.15) is 44.6 Å². The van der Waals surface area contributed by atoms with Gasteiger partial charge in [0.05, 0.1) is 0 Å². The molecule has 0 radical (unpaired) electrons. The number of aryl methyl sites for hydroxylation is 1. The fourth-order valence-electron chi connectivity index (χ4n) is 12.5. The van der Waals surface area contributed by atoms with Crippen molar-refractivity contribution in [2.75, 3.05) is 33.0 Å². The highest BCUT2D eigenvalue weighted by atomic mass is 16.6. The second-order valence-corrected chi connectivity index (χ2v) is 23.7. The molecule has 11 rings (SSSR count). The van der Waals surface area contributed by atoms with Crippen LogP contribution in [0.15, 0.2) is 206 Å². The largest absolute Gasteiger partial charge is 0.480 e. The van der Waals surface area contributed by atoms with E-state index < -0.39 is 54.3 Å². The van der Waals surface area contributed by atoms with Gasteiger partial charge >= 0.3 is 36.2 Å². The van der Waals surface area contributed by atoms with Crippen LogP contribution in [-0.4, -0.2) is 108 Å². The highest BCUT2D eigenvalue weighted by molar-refractivity contribution is 5.84. The first-order valence-electron chi connectivity index (χ1n) is 32.7. The molecule has 3 atom stereocenters. The molecule has 0 bridgehead atoms. The van der Waals surface area contributed by atoms with Crippen molar-refractivity contribution >= 4 is 36.2 Å². The molecule has 3 aliphatic rings. The van der Waals surface area contributed by atoms with Gasteiger partial charge in [0, 0.05) is 31.0 Å². The summed E-state index contributed by atoms with van der Waals surface area (Å²) in [5.74, 6) is -2.84. The molecule has 0 fully saturated rings. The molecular formula is C79H87N3O14. The third-order valence-electron chi connectivity index (χ3n) is 17.4. The molecule has 0 saturated carbocycles. The van der Waals surface area contributed by atoms with E-state index in [-0.39, 0.29) is 71.2 Å². The van der Waals surface area contributed by atoms with E-state index in [1.807, 2.05) is 133 Å². The molecule has 0 spiro atoms. The van der Waals surface area contributed by atoms with Crippen LogP contribution >= 0.6 is 0 Å². The van der Waals surface area contributed by atoms with Crippen LogP contribution in [0.2, 0.25) is 0 Å². The Labute approximate surface area is 561 Å². The fraction of sp³-hybridized carbons (Fsp3) is 0.316. The third-order valence-corrected chi connectivity index (χ3v) is 17.4. The highest BCUT2D eigenvalue weighted by Gasteiger charge is 2.33. The summed E-state index contributed by atoms with van der Waals surface area (Å²) in [6.07, 6.45) is 5.85. The van der Waals surface area contributed by atoms with Gasteiger partial charge in [-0.1, -0.05) is 233 Å². The number of benzene rings is 8. The van der Waals surface area contributed by atoms with Gasteiger partial charge in [0.15, 0.2) is 0 Å². The number of rotatable bonds is 29. The number of ether oxygens (including phenoxy) is 4. The second kappa shape index (κ2) is 37.1. The zero-order valence-electron chi connectivity index (χ0n) is 53.2. The van der Waals surface area contributed by atoms with Crippen molar-refractivity contribution < 1.29 is 68.1 Å². The van der Waals surface area contributed by atoms with Crippen molar-refractivity contribution in [3.8, 4) is 33.4 Å². The van der Waals surface area contributed by atoms with Crippen molar-refractivity contribution in [2.45, 2.75) is 127 Å². The molecule has 0 heterocycles. The lowest BCUT2D eigenvalue weighted by atomic mass is 9.98. The Hall–Kier alpha value is -10.1. The Morgan fingerprint density at radius 1 is 0.333 bits per heavy atom. The Morgan fingerprint density at radius 3 is 0.948 bits per heavy atom. The Balaban J connectivity index is 0.000000185. The number of fused-ring (bicyclic) bond motifs is 9. The van der Waals surface area contributed by atoms with Gasteiger partial charge in [0.2, 0.25) is 0 Å².